The number of aliphatic hydroxyl groups is 1. The third-order valence-electron chi connectivity index (χ3n) is 7.83. The van der Waals surface area contributed by atoms with E-state index in [0.29, 0.717) is 45.6 Å². The molecule has 210 valence electrons. The highest BCUT2D eigenvalue weighted by Gasteiger charge is 2.40. The number of aromatic nitrogens is 5. The number of nitrogens with zero attached hydrogens (tertiary/aromatic N) is 8. The largest absolute Gasteiger partial charge is 0.481 e. The number of piperidine rings is 1. The van der Waals surface area contributed by atoms with Gasteiger partial charge in [-0.05, 0) is 43.5 Å². The van der Waals surface area contributed by atoms with Crippen molar-refractivity contribution in [3.05, 3.63) is 70.5 Å². The first-order valence-corrected chi connectivity index (χ1v) is 13.5. The van der Waals surface area contributed by atoms with E-state index in [1.807, 2.05) is 53.8 Å². The van der Waals surface area contributed by atoms with Crippen molar-refractivity contribution in [2.75, 3.05) is 27.2 Å². The fourth-order valence-corrected chi connectivity index (χ4v) is 5.78. The number of imidazole rings is 1. The minimum Gasteiger partial charge on any atom is -0.481 e. The van der Waals surface area contributed by atoms with Crippen molar-refractivity contribution in [1.82, 2.24) is 29.2 Å². The number of likely N-dealkylation sites (tertiary alicyclic amines) is 1. The molecule has 0 radical (unpaired) electrons. The van der Waals surface area contributed by atoms with Crippen LogP contribution in [-0.2, 0) is 19.2 Å². The monoisotopic (exact) mass is 563 g/mol. The van der Waals surface area contributed by atoms with Crippen LogP contribution in [-0.4, -0.2) is 73.5 Å². The van der Waals surface area contributed by atoms with Crippen LogP contribution in [0, 0.1) is 6.92 Å². The maximum atomic E-state index is 12.3. The average Bonchev–Trinajstić information content (AvgIpc) is 3.63. The van der Waals surface area contributed by atoms with E-state index in [1.165, 1.54) is 6.21 Å². The van der Waals surface area contributed by atoms with Gasteiger partial charge in [0.15, 0.2) is 5.60 Å². The highest BCUT2D eigenvalue weighted by atomic mass is 35.5. The second kappa shape index (κ2) is 11.4. The Balaban J connectivity index is 1.55. The summed E-state index contributed by atoms with van der Waals surface area (Å²) in [7, 11) is 5.02. The van der Waals surface area contributed by atoms with Gasteiger partial charge in [0, 0.05) is 57.1 Å². The van der Waals surface area contributed by atoms with Crippen molar-refractivity contribution in [2.45, 2.75) is 38.0 Å². The van der Waals surface area contributed by atoms with E-state index < -0.39 is 5.60 Å². The standard InChI is InChI=1S/C28H34ClN9O2/c1-18-32-16-25(36(18)3)28(39,24(31-2)15-33-30)19-6-7-23-21(14-19)26(29)22(27(35-23)40-4)17-37-12-8-20(9-13-37)38-11-5-10-34-38/h5-7,10-11,14-16,20,39H,8-9,12-13,17,30H2,1-4H3. The van der Waals surface area contributed by atoms with Gasteiger partial charge >= 0.3 is 0 Å². The predicted octanol–water partition coefficient (Wildman–Crippen LogP) is 3.22. The molecule has 0 spiro atoms. The van der Waals surface area contributed by atoms with Crippen molar-refractivity contribution >= 4 is 34.4 Å². The quantitative estimate of drug-likeness (QED) is 0.191. The predicted molar refractivity (Wildman–Crippen MR) is 156 cm³/mol. The topological polar surface area (TPSA) is 132 Å². The van der Waals surface area contributed by atoms with E-state index >= 15 is 0 Å². The summed E-state index contributed by atoms with van der Waals surface area (Å²) < 4.78 is 9.53. The van der Waals surface area contributed by atoms with Crippen LogP contribution in [0.5, 0.6) is 5.88 Å². The van der Waals surface area contributed by atoms with Crippen LogP contribution in [0.25, 0.3) is 10.9 Å². The van der Waals surface area contributed by atoms with Gasteiger partial charge in [0.05, 0.1) is 47.5 Å². The average molecular weight is 564 g/mol. The molecule has 12 heteroatoms. The first-order valence-electron chi connectivity index (χ1n) is 13.1. The van der Waals surface area contributed by atoms with E-state index in [4.69, 9.17) is 27.2 Å². The van der Waals surface area contributed by atoms with Crippen molar-refractivity contribution in [1.29, 1.82) is 0 Å². The Labute approximate surface area is 238 Å². The lowest BCUT2D eigenvalue weighted by molar-refractivity contribution is 0.149. The van der Waals surface area contributed by atoms with Gasteiger partial charge in [-0.25, -0.2) is 9.97 Å². The molecule has 0 bridgehead atoms. The van der Waals surface area contributed by atoms with Crippen molar-refractivity contribution in [3.63, 3.8) is 0 Å². The molecule has 4 aromatic rings. The van der Waals surface area contributed by atoms with Gasteiger partial charge in [0.1, 0.15) is 5.82 Å². The molecule has 1 aromatic carbocycles. The van der Waals surface area contributed by atoms with Crippen LogP contribution in [0.15, 0.2) is 52.9 Å². The number of pyridine rings is 1. The summed E-state index contributed by atoms with van der Waals surface area (Å²) in [5, 5.41) is 21.6. The SMILES string of the molecule is CN=C(C=NN)C(O)(c1ccc2nc(OC)c(CN3CCC(n4cccn4)CC3)c(Cl)c2c1)c1cnc(C)n1C. The maximum Gasteiger partial charge on any atom is 0.219 e. The number of methoxy groups -OCH3 is 1. The molecule has 5 rings (SSSR count). The Bertz CT molecular complexity index is 1560. The van der Waals surface area contributed by atoms with Crippen LogP contribution in [0.3, 0.4) is 0 Å². The number of ether oxygens (including phenoxy) is 1. The Hall–Kier alpha value is -3.80. The molecule has 1 atom stereocenters. The molecule has 1 saturated heterocycles. The number of aliphatic imine (C=N–C) groups is 1. The van der Waals surface area contributed by atoms with Gasteiger partial charge in [-0.3, -0.25) is 14.6 Å². The van der Waals surface area contributed by atoms with Crippen LogP contribution < -0.4 is 10.6 Å². The molecule has 0 saturated carbocycles. The number of hydrogen-bond acceptors (Lipinski definition) is 9. The second-order valence-electron chi connectivity index (χ2n) is 9.99. The summed E-state index contributed by atoms with van der Waals surface area (Å²) in [4.78, 5) is 15.8. The van der Waals surface area contributed by atoms with Gasteiger partial charge in [-0.15, -0.1) is 0 Å². The van der Waals surface area contributed by atoms with Crippen LogP contribution in [0.2, 0.25) is 5.02 Å². The molecule has 1 fully saturated rings. The summed E-state index contributed by atoms with van der Waals surface area (Å²) in [6.07, 6.45) is 8.80. The maximum absolute atomic E-state index is 12.3. The zero-order valence-electron chi connectivity index (χ0n) is 23.1. The normalized spacial score (nSPS) is 17.1. The second-order valence-corrected chi connectivity index (χ2v) is 10.4. The third kappa shape index (κ3) is 4.85. The molecule has 4 heterocycles. The number of rotatable bonds is 8. The third-order valence-corrected chi connectivity index (χ3v) is 8.26. The summed E-state index contributed by atoms with van der Waals surface area (Å²) in [5.41, 5.74) is 1.07. The summed E-state index contributed by atoms with van der Waals surface area (Å²) in [6.45, 7) is 4.25. The molecule has 3 aromatic heterocycles. The van der Waals surface area contributed by atoms with Crippen LogP contribution in [0.1, 0.15) is 41.5 Å². The van der Waals surface area contributed by atoms with Crippen LogP contribution >= 0.6 is 11.6 Å². The first kappa shape index (κ1) is 27.8. The van der Waals surface area contributed by atoms with E-state index in [9.17, 15) is 5.11 Å². The van der Waals surface area contributed by atoms with Crippen molar-refractivity contribution in [3.8, 4) is 5.88 Å². The highest BCUT2D eigenvalue weighted by molar-refractivity contribution is 6.37. The van der Waals surface area contributed by atoms with Gasteiger partial charge in [0.2, 0.25) is 5.88 Å². The minimum atomic E-state index is -1.69. The Kier molecular flexibility index (Phi) is 7.88. The molecule has 3 N–H and O–H groups in total. The van der Waals surface area contributed by atoms with Crippen molar-refractivity contribution < 1.29 is 9.84 Å². The lowest BCUT2D eigenvalue weighted by atomic mass is 9.85. The smallest absolute Gasteiger partial charge is 0.219 e. The highest BCUT2D eigenvalue weighted by Crippen LogP contribution is 2.38. The number of hydrogen-bond donors (Lipinski definition) is 2. The molecule has 0 aliphatic carbocycles. The van der Waals surface area contributed by atoms with Gasteiger partial charge < -0.3 is 20.3 Å². The molecule has 40 heavy (non-hydrogen) atoms. The van der Waals surface area contributed by atoms with E-state index in [2.05, 4.69) is 25.1 Å². The summed E-state index contributed by atoms with van der Waals surface area (Å²) in [6, 6.07) is 7.80. The lowest BCUT2D eigenvalue weighted by Gasteiger charge is -2.32. The molecule has 0 amide bonds. The zero-order valence-corrected chi connectivity index (χ0v) is 23.9. The van der Waals surface area contributed by atoms with E-state index in [1.54, 1.807) is 26.4 Å². The van der Waals surface area contributed by atoms with Crippen molar-refractivity contribution in [2.24, 2.45) is 23.0 Å². The number of aryl methyl sites for hydroxylation is 1. The van der Waals surface area contributed by atoms with Gasteiger partial charge in [-0.2, -0.15) is 10.2 Å². The molecule has 1 unspecified atom stereocenters. The van der Waals surface area contributed by atoms with Crippen LogP contribution in [0.4, 0.5) is 0 Å². The minimum absolute atomic E-state index is 0.259. The molecular formula is C28H34ClN9O2. The molecule has 11 nitrogen and oxygen atoms in total. The number of hydrazone groups is 1. The first-order chi connectivity index (χ1) is 19.3. The van der Waals surface area contributed by atoms with Gasteiger partial charge in [0.25, 0.3) is 0 Å². The van der Waals surface area contributed by atoms with Gasteiger partial charge in [-0.1, -0.05) is 17.7 Å². The fraction of sp³-hybridized carbons (Fsp3) is 0.393. The Morgan fingerprint density at radius 1 is 1.32 bits per heavy atom. The fourth-order valence-electron chi connectivity index (χ4n) is 5.48. The molecular weight excluding hydrogens is 530 g/mol. The number of halogens is 1. The van der Waals surface area contributed by atoms with E-state index in [-0.39, 0.29) is 5.71 Å². The lowest BCUT2D eigenvalue weighted by Crippen LogP contribution is -2.40. The molecule has 1 aliphatic rings. The number of benzene rings is 1. The Morgan fingerprint density at radius 3 is 2.70 bits per heavy atom. The Morgan fingerprint density at radius 2 is 2.10 bits per heavy atom. The zero-order chi connectivity index (χ0) is 28.4. The van der Waals surface area contributed by atoms with E-state index in [0.717, 1.165) is 37.3 Å². The summed E-state index contributed by atoms with van der Waals surface area (Å²) >= 11 is 7.10. The number of fused-ring (bicyclic) bond motifs is 1. The molecule has 1 aliphatic heterocycles. The summed E-state index contributed by atoms with van der Waals surface area (Å²) in [5.74, 6) is 6.72. The number of nitrogens with two attached hydrogens (primary N) is 1.